The predicted octanol–water partition coefficient (Wildman–Crippen LogP) is 3.98. The molecule has 4 rings (SSSR count). The number of pyridine rings is 1. The molecule has 0 amide bonds. The lowest BCUT2D eigenvalue weighted by Gasteiger charge is -2.30. The molecule has 0 radical (unpaired) electrons. The summed E-state index contributed by atoms with van der Waals surface area (Å²) in [7, 11) is 1.90. The summed E-state index contributed by atoms with van der Waals surface area (Å²) in [5.74, 6) is 0. The van der Waals surface area contributed by atoms with Crippen molar-refractivity contribution in [3.05, 3.63) is 48.8 Å². The summed E-state index contributed by atoms with van der Waals surface area (Å²) in [6.45, 7) is 1.59. The summed E-state index contributed by atoms with van der Waals surface area (Å²) in [6.07, 6.45) is 4.66. The summed E-state index contributed by atoms with van der Waals surface area (Å²) in [4.78, 5) is 6.96. The lowest BCUT2D eigenvalue weighted by molar-refractivity contribution is 0.277. The third-order valence-corrected chi connectivity index (χ3v) is 4.70. The monoisotopic (exact) mass is 324 g/mol. The molecule has 1 fully saturated rings. The molecule has 5 heteroatoms. The minimum absolute atomic E-state index is 0.627. The lowest BCUT2D eigenvalue weighted by Crippen LogP contribution is -2.34. The number of rotatable bonds is 3. The van der Waals surface area contributed by atoms with E-state index in [4.69, 9.17) is 4.98 Å². The van der Waals surface area contributed by atoms with E-state index in [-0.39, 0.29) is 0 Å². The van der Waals surface area contributed by atoms with E-state index in [1.165, 1.54) is 0 Å². The second-order valence-corrected chi connectivity index (χ2v) is 6.27. The number of aromatic nitrogens is 2. The Labute approximate surface area is 140 Å². The standard InChI is InChI=1S/C19H21FN4/c1-21-16-8-11-24-13-18(22-19(24)12-16)14-2-4-17(5-3-14)23-9-6-15(20)7-10-23/h2-5,8,11-13,15,21H,6-7,9-10H2,1H3. The number of nitrogens with one attached hydrogen (secondary N) is 1. The molecule has 0 unspecified atom stereocenters. The van der Waals surface area contributed by atoms with Crippen molar-refractivity contribution in [1.82, 2.24) is 9.38 Å². The molecule has 4 nitrogen and oxygen atoms in total. The lowest BCUT2D eigenvalue weighted by atomic mass is 10.1. The summed E-state index contributed by atoms with van der Waals surface area (Å²) in [5.41, 5.74) is 5.18. The normalized spacial score (nSPS) is 15.8. The maximum absolute atomic E-state index is 13.3. The number of nitrogens with zero attached hydrogens (tertiary/aromatic N) is 3. The molecule has 0 aliphatic carbocycles. The van der Waals surface area contributed by atoms with Gasteiger partial charge in [-0.25, -0.2) is 9.37 Å². The van der Waals surface area contributed by atoms with Gasteiger partial charge in [-0.1, -0.05) is 12.1 Å². The Hall–Kier alpha value is -2.56. The zero-order chi connectivity index (χ0) is 16.5. The fraction of sp³-hybridized carbons (Fsp3) is 0.316. The van der Waals surface area contributed by atoms with Crippen molar-refractivity contribution in [1.29, 1.82) is 0 Å². The van der Waals surface area contributed by atoms with Crippen LogP contribution in [-0.4, -0.2) is 35.7 Å². The van der Waals surface area contributed by atoms with Crippen molar-refractivity contribution in [2.24, 2.45) is 0 Å². The molecule has 1 aliphatic heterocycles. The Morgan fingerprint density at radius 3 is 2.58 bits per heavy atom. The quantitative estimate of drug-likeness (QED) is 0.791. The van der Waals surface area contributed by atoms with Crippen molar-refractivity contribution >= 4 is 17.0 Å². The minimum atomic E-state index is -0.638. The van der Waals surface area contributed by atoms with Crippen LogP contribution in [-0.2, 0) is 0 Å². The second kappa shape index (κ2) is 6.15. The van der Waals surface area contributed by atoms with E-state index < -0.39 is 6.17 Å². The van der Waals surface area contributed by atoms with Gasteiger partial charge in [-0.15, -0.1) is 0 Å². The van der Waals surface area contributed by atoms with E-state index in [1.54, 1.807) is 0 Å². The molecule has 0 spiro atoms. The first-order valence-electron chi connectivity index (χ1n) is 8.39. The van der Waals surface area contributed by atoms with Gasteiger partial charge in [0.05, 0.1) is 5.69 Å². The molecule has 24 heavy (non-hydrogen) atoms. The maximum atomic E-state index is 13.3. The Morgan fingerprint density at radius 1 is 1.12 bits per heavy atom. The average molecular weight is 324 g/mol. The summed E-state index contributed by atoms with van der Waals surface area (Å²) < 4.78 is 15.3. The fourth-order valence-corrected chi connectivity index (χ4v) is 3.23. The van der Waals surface area contributed by atoms with Gasteiger partial charge in [-0.05, 0) is 31.0 Å². The van der Waals surface area contributed by atoms with Gasteiger partial charge in [0.25, 0.3) is 0 Å². The van der Waals surface area contributed by atoms with Crippen LogP contribution in [0.5, 0.6) is 0 Å². The largest absolute Gasteiger partial charge is 0.388 e. The molecule has 0 bridgehead atoms. The number of halogens is 1. The Balaban J connectivity index is 1.58. The van der Waals surface area contributed by atoms with E-state index in [9.17, 15) is 4.39 Å². The van der Waals surface area contributed by atoms with E-state index in [2.05, 4.69) is 34.5 Å². The highest BCUT2D eigenvalue weighted by Crippen LogP contribution is 2.26. The van der Waals surface area contributed by atoms with Gasteiger partial charge in [-0.3, -0.25) is 0 Å². The average Bonchev–Trinajstić information content (AvgIpc) is 3.05. The molecule has 3 heterocycles. The Kier molecular flexibility index (Phi) is 3.84. The molecular formula is C19H21FN4. The summed E-state index contributed by atoms with van der Waals surface area (Å²) >= 11 is 0. The van der Waals surface area contributed by atoms with Crippen LogP contribution < -0.4 is 10.2 Å². The number of benzene rings is 1. The highest BCUT2D eigenvalue weighted by atomic mass is 19.1. The zero-order valence-electron chi connectivity index (χ0n) is 13.7. The molecule has 0 atom stereocenters. The van der Waals surface area contributed by atoms with Crippen molar-refractivity contribution in [2.45, 2.75) is 19.0 Å². The maximum Gasteiger partial charge on any atom is 0.139 e. The molecule has 124 valence electrons. The molecule has 1 N–H and O–H groups in total. The first-order valence-corrected chi connectivity index (χ1v) is 8.39. The fourth-order valence-electron chi connectivity index (χ4n) is 3.23. The zero-order valence-corrected chi connectivity index (χ0v) is 13.7. The highest BCUT2D eigenvalue weighted by molar-refractivity contribution is 5.67. The Morgan fingerprint density at radius 2 is 1.88 bits per heavy atom. The van der Waals surface area contributed by atoms with Gasteiger partial charge in [0.1, 0.15) is 11.8 Å². The molecule has 0 saturated carbocycles. The van der Waals surface area contributed by atoms with Crippen LogP contribution in [0.25, 0.3) is 16.9 Å². The number of hydrogen-bond acceptors (Lipinski definition) is 3. The van der Waals surface area contributed by atoms with Crippen LogP contribution >= 0.6 is 0 Å². The van der Waals surface area contributed by atoms with Crippen LogP contribution in [0, 0.1) is 0 Å². The van der Waals surface area contributed by atoms with Gasteiger partial charge in [0.2, 0.25) is 0 Å². The van der Waals surface area contributed by atoms with E-state index in [0.29, 0.717) is 12.8 Å². The molecule has 1 saturated heterocycles. The van der Waals surface area contributed by atoms with E-state index >= 15 is 0 Å². The van der Waals surface area contributed by atoms with Crippen molar-refractivity contribution in [3.63, 3.8) is 0 Å². The number of anilines is 2. The molecule has 1 aliphatic rings. The van der Waals surface area contributed by atoms with Gasteiger partial charge >= 0.3 is 0 Å². The van der Waals surface area contributed by atoms with Gasteiger partial charge in [0.15, 0.2) is 0 Å². The highest BCUT2D eigenvalue weighted by Gasteiger charge is 2.18. The van der Waals surface area contributed by atoms with Crippen LogP contribution in [0.1, 0.15) is 12.8 Å². The first kappa shape index (κ1) is 15.0. The van der Waals surface area contributed by atoms with Gasteiger partial charge < -0.3 is 14.6 Å². The number of imidazole rings is 1. The van der Waals surface area contributed by atoms with Crippen molar-refractivity contribution in [3.8, 4) is 11.3 Å². The number of piperidine rings is 1. The van der Waals surface area contributed by atoms with Crippen LogP contribution in [0.15, 0.2) is 48.8 Å². The smallest absolute Gasteiger partial charge is 0.139 e. The topological polar surface area (TPSA) is 32.6 Å². The number of hydrogen-bond donors (Lipinski definition) is 1. The number of alkyl halides is 1. The van der Waals surface area contributed by atoms with E-state index in [0.717, 1.165) is 41.4 Å². The van der Waals surface area contributed by atoms with Crippen molar-refractivity contribution < 1.29 is 4.39 Å². The van der Waals surface area contributed by atoms with E-state index in [1.807, 2.05) is 36.0 Å². The van der Waals surface area contributed by atoms with Crippen LogP contribution in [0.2, 0.25) is 0 Å². The molecule has 3 aromatic rings. The predicted molar refractivity (Wildman–Crippen MR) is 96.5 cm³/mol. The first-order chi connectivity index (χ1) is 11.7. The molecular weight excluding hydrogens is 303 g/mol. The van der Waals surface area contributed by atoms with Gasteiger partial charge in [-0.2, -0.15) is 0 Å². The summed E-state index contributed by atoms with van der Waals surface area (Å²) in [6, 6.07) is 12.5. The van der Waals surface area contributed by atoms with Crippen molar-refractivity contribution in [2.75, 3.05) is 30.4 Å². The molecule has 1 aromatic carbocycles. The second-order valence-electron chi connectivity index (χ2n) is 6.27. The van der Waals surface area contributed by atoms with Crippen LogP contribution in [0.3, 0.4) is 0 Å². The third kappa shape index (κ3) is 2.82. The van der Waals surface area contributed by atoms with Gasteiger partial charge in [0, 0.05) is 55.5 Å². The van der Waals surface area contributed by atoms with Crippen LogP contribution in [0.4, 0.5) is 15.8 Å². The molecule has 2 aromatic heterocycles. The number of fused-ring (bicyclic) bond motifs is 1. The minimum Gasteiger partial charge on any atom is -0.388 e. The Bertz CT molecular complexity index is 832. The third-order valence-electron chi connectivity index (χ3n) is 4.70. The SMILES string of the molecule is CNc1ccn2cc(-c3ccc(N4CCC(F)CC4)cc3)nc2c1. The summed E-state index contributed by atoms with van der Waals surface area (Å²) in [5, 5.41) is 3.13.